The summed E-state index contributed by atoms with van der Waals surface area (Å²) in [6.45, 7) is 3.88. The van der Waals surface area contributed by atoms with E-state index in [2.05, 4.69) is 10.5 Å². The maximum absolute atomic E-state index is 12.8. The zero-order valence-corrected chi connectivity index (χ0v) is 10.0. The lowest BCUT2D eigenvalue weighted by atomic mass is 10.1. The second kappa shape index (κ2) is 6.20. The van der Waals surface area contributed by atoms with Crippen LogP contribution < -0.4 is 11.1 Å². The van der Waals surface area contributed by atoms with E-state index in [1.165, 1.54) is 12.1 Å². The smallest absolute Gasteiger partial charge is 0.156 e. The van der Waals surface area contributed by atoms with Gasteiger partial charge in [0.1, 0.15) is 5.82 Å². The number of oxime groups is 1. The van der Waals surface area contributed by atoms with Crippen LogP contribution in [0.5, 0.6) is 0 Å². The Balaban J connectivity index is 2.70. The lowest BCUT2D eigenvalue weighted by Crippen LogP contribution is -2.42. The van der Waals surface area contributed by atoms with Crippen molar-refractivity contribution < 1.29 is 9.60 Å². The summed E-state index contributed by atoms with van der Waals surface area (Å²) < 4.78 is 12.8. The number of amidine groups is 1. The summed E-state index contributed by atoms with van der Waals surface area (Å²) >= 11 is 0. The molecule has 17 heavy (non-hydrogen) atoms. The molecule has 94 valence electrons. The Bertz CT molecular complexity index is 378. The number of halogens is 1. The first kappa shape index (κ1) is 13.4. The molecule has 1 rings (SSSR count). The molecule has 2 atom stereocenters. The van der Waals surface area contributed by atoms with Crippen molar-refractivity contribution in [1.29, 1.82) is 0 Å². The number of nitrogens with zero attached hydrogens (tertiary/aromatic N) is 1. The maximum atomic E-state index is 12.8. The molecule has 0 saturated heterocycles. The van der Waals surface area contributed by atoms with Gasteiger partial charge < -0.3 is 16.3 Å². The SMILES string of the molecule is CCC(N[C@H](C)c1ccc(F)cc1)/C(N)=N/O. The Kier molecular flexibility index (Phi) is 4.90. The number of hydrogen-bond donors (Lipinski definition) is 3. The quantitative estimate of drug-likeness (QED) is 0.318. The van der Waals surface area contributed by atoms with E-state index in [1.54, 1.807) is 12.1 Å². The van der Waals surface area contributed by atoms with E-state index in [1.807, 2.05) is 13.8 Å². The molecule has 1 aromatic carbocycles. The first-order chi connectivity index (χ1) is 8.08. The first-order valence-corrected chi connectivity index (χ1v) is 5.57. The molecule has 0 aliphatic carbocycles. The predicted molar refractivity (Wildman–Crippen MR) is 65.4 cm³/mol. The highest BCUT2D eigenvalue weighted by atomic mass is 19.1. The Morgan fingerprint density at radius 1 is 1.47 bits per heavy atom. The minimum atomic E-state index is -0.260. The predicted octanol–water partition coefficient (Wildman–Crippen LogP) is 2.00. The minimum absolute atomic E-state index is 0.000787. The Morgan fingerprint density at radius 3 is 2.53 bits per heavy atom. The van der Waals surface area contributed by atoms with Crippen LogP contribution in [0.25, 0.3) is 0 Å². The lowest BCUT2D eigenvalue weighted by Gasteiger charge is -2.21. The van der Waals surface area contributed by atoms with Crippen molar-refractivity contribution in [2.45, 2.75) is 32.4 Å². The molecule has 0 spiro atoms. The van der Waals surface area contributed by atoms with Crippen LogP contribution in [0.4, 0.5) is 4.39 Å². The topological polar surface area (TPSA) is 70.6 Å². The Hall–Kier alpha value is -1.62. The van der Waals surface area contributed by atoms with Crippen molar-refractivity contribution in [3.63, 3.8) is 0 Å². The first-order valence-electron chi connectivity index (χ1n) is 5.57. The molecule has 0 bridgehead atoms. The van der Waals surface area contributed by atoms with E-state index in [9.17, 15) is 4.39 Å². The van der Waals surface area contributed by atoms with Crippen LogP contribution in [0.1, 0.15) is 31.9 Å². The molecule has 0 radical (unpaired) electrons. The molecule has 5 heteroatoms. The van der Waals surface area contributed by atoms with E-state index in [4.69, 9.17) is 10.9 Å². The van der Waals surface area contributed by atoms with Gasteiger partial charge in [0.2, 0.25) is 0 Å². The number of nitrogens with one attached hydrogen (secondary N) is 1. The summed E-state index contributed by atoms with van der Waals surface area (Å²) in [5.74, 6) is -0.106. The maximum Gasteiger partial charge on any atom is 0.156 e. The summed E-state index contributed by atoms with van der Waals surface area (Å²) in [5, 5.41) is 14.8. The van der Waals surface area contributed by atoms with Gasteiger partial charge >= 0.3 is 0 Å². The fourth-order valence-corrected chi connectivity index (χ4v) is 1.63. The van der Waals surface area contributed by atoms with Crippen LogP contribution in [0.2, 0.25) is 0 Å². The zero-order valence-electron chi connectivity index (χ0n) is 10.0. The second-order valence-electron chi connectivity index (χ2n) is 3.93. The Labute approximate surface area is 100 Å². The fraction of sp³-hybridized carbons (Fsp3) is 0.417. The van der Waals surface area contributed by atoms with Gasteiger partial charge in [-0.1, -0.05) is 24.2 Å². The minimum Gasteiger partial charge on any atom is -0.409 e. The van der Waals surface area contributed by atoms with Gasteiger partial charge in [0.25, 0.3) is 0 Å². The molecule has 0 aliphatic heterocycles. The van der Waals surface area contributed by atoms with Gasteiger partial charge in [0.05, 0.1) is 6.04 Å². The van der Waals surface area contributed by atoms with Crippen molar-refractivity contribution in [2.24, 2.45) is 10.9 Å². The van der Waals surface area contributed by atoms with Gasteiger partial charge in [-0.25, -0.2) is 4.39 Å². The monoisotopic (exact) mass is 239 g/mol. The van der Waals surface area contributed by atoms with E-state index in [0.717, 1.165) is 5.56 Å². The van der Waals surface area contributed by atoms with Crippen LogP contribution in [-0.2, 0) is 0 Å². The summed E-state index contributed by atoms with van der Waals surface area (Å²) in [5.41, 5.74) is 6.51. The van der Waals surface area contributed by atoms with E-state index in [-0.39, 0.29) is 23.7 Å². The van der Waals surface area contributed by atoms with Crippen LogP contribution in [0, 0.1) is 5.82 Å². The molecule has 0 saturated carbocycles. The van der Waals surface area contributed by atoms with Gasteiger partial charge in [-0.3, -0.25) is 0 Å². The molecule has 4 nitrogen and oxygen atoms in total. The third-order valence-corrected chi connectivity index (χ3v) is 2.70. The highest BCUT2D eigenvalue weighted by Gasteiger charge is 2.15. The van der Waals surface area contributed by atoms with E-state index < -0.39 is 0 Å². The normalized spacial score (nSPS) is 15.6. The summed E-state index contributed by atoms with van der Waals surface area (Å²) in [4.78, 5) is 0. The van der Waals surface area contributed by atoms with Crippen molar-refractivity contribution >= 4 is 5.84 Å². The molecule has 0 aromatic heterocycles. The third-order valence-electron chi connectivity index (χ3n) is 2.70. The summed E-state index contributed by atoms with van der Waals surface area (Å²) in [7, 11) is 0. The van der Waals surface area contributed by atoms with Crippen LogP contribution in [0.3, 0.4) is 0 Å². The van der Waals surface area contributed by atoms with Crippen LogP contribution in [-0.4, -0.2) is 17.1 Å². The summed E-state index contributed by atoms with van der Waals surface area (Å²) in [6, 6.07) is 6.06. The van der Waals surface area contributed by atoms with Gasteiger partial charge in [0.15, 0.2) is 5.84 Å². The molecule has 0 aliphatic rings. The van der Waals surface area contributed by atoms with Crippen molar-refractivity contribution in [2.75, 3.05) is 0 Å². The highest BCUT2D eigenvalue weighted by Crippen LogP contribution is 2.14. The molecule has 1 aromatic rings. The molecule has 0 fully saturated rings. The van der Waals surface area contributed by atoms with E-state index in [0.29, 0.717) is 6.42 Å². The fourth-order valence-electron chi connectivity index (χ4n) is 1.63. The molecule has 0 heterocycles. The average Bonchev–Trinajstić information content (AvgIpc) is 2.35. The molecule has 4 N–H and O–H groups in total. The number of rotatable bonds is 5. The average molecular weight is 239 g/mol. The van der Waals surface area contributed by atoms with Crippen molar-refractivity contribution in [3.8, 4) is 0 Å². The summed E-state index contributed by atoms with van der Waals surface area (Å²) in [6.07, 6.45) is 0.710. The van der Waals surface area contributed by atoms with Gasteiger partial charge in [-0.2, -0.15) is 0 Å². The number of nitrogens with two attached hydrogens (primary N) is 1. The van der Waals surface area contributed by atoms with Crippen LogP contribution in [0.15, 0.2) is 29.4 Å². The van der Waals surface area contributed by atoms with E-state index >= 15 is 0 Å². The van der Waals surface area contributed by atoms with Crippen molar-refractivity contribution in [1.82, 2.24) is 5.32 Å². The molecular weight excluding hydrogens is 221 g/mol. The third kappa shape index (κ3) is 3.71. The molecule has 1 unspecified atom stereocenters. The zero-order chi connectivity index (χ0) is 12.8. The van der Waals surface area contributed by atoms with Crippen molar-refractivity contribution in [3.05, 3.63) is 35.6 Å². The standard InChI is InChI=1S/C12H18FN3O/c1-3-11(12(14)16-17)15-8(2)9-4-6-10(13)7-5-9/h4-8,11,15,17H,3H2,1-2H3,(H2,14,16)/t8-,11?/m1/s1. The second-order valence-corrected chi connectivity index (χ2v) is 3.93. The number of hydrogen-bond acceptors (Lipinski definition) is 3. The highest BCUT2D eigenvalue weighted by molar-refractivity contribution is 5.85. The lowest BCUT2D eigenvalue weighted by molar-refractivity contribution is 0.313. The van der Waals surface area contributed by atoms with Crippen LogP contribution >= 0.6 is 0 Å². The molecule has 0 amide bonds. The van der Waals surface area contributed by atoms with Gasteiger partial charge in [0, 0.05) is 6.04 Å². The number of benzene rings is 1. The molecular formula is C12H18FN3O. The Morgan fingerprint density at radius 2 is 2.06 bits per heavy atom. The van der Waals surface area contributed by atoms with Gasteiger partial charge in [-0.15, -0.1) is 0 Å². The van der Waals surface area contributed by atoms with Gasteiger partial charge in [-0.05, 0) is 31.0 Å². The largest absolute Gasteiger partial charge is 0.409 e.